The van der Waals surface area contributed by atoms with Crippen LogP contribution in [-0.2, 0) is 0 Å². The number of hydrogen-bond acceptors (Lipinski definition) is 1. The first-order valence-corrected chi connectivity index (χ1v) is 4.45. The molecule has 77 valence electrons. The van der Waals surface area contributed by atoms with E-state index in [9.17, 15) is 8.78 Å². The summed E-state index contributed by atoms with van der Waals surface area (Å²) >= 11 is 5.72. The Morgan fingerprint density at radius 2 is 2.00 bits per heavy atom. The smallest absolute Gasteiger partial charge is 0.387 e. The maximum Gasteiger partial charge on any atom is 0.387 e. The molecule has 1 unspecified atom stereocenters. The molecule has 0 N–H and O–H groups in total. The summed E-state index contributed by atoms with van der Waals surface area (Å²) in [7, 11) is 0. The van der Waals surface area contributed by atoms with Crippen LogP contribution in [-0.4, -0.2) is 6.61 Å². The lowest BCUT2D eigenvalue weighted by Crippen LogP contribution is -2.02. The Kier molecular flexibility index (Phi) is 3.69. The summed E-state index contributed by atoms with van der Waals surface area (Å²) in [6.07, 6.45) is 0. The number of halogens is 3. The van der Waals surface area contributed by atoms with Crippen LogP contribution in [0.4, 0.5) is 8.78 Å². The largest absolute Gasteiger partial charge is 0.435 e. The van der Waals surface area contributed by atoms with E-state index in [1.54, 1.807) is 6.07 Å². The van der Waals surface area contributed by atoms with Crippen LogP contribution >= 0.6 is 11.6 Å². The highest BCUT2D eigenvalue weighted by Crippen LogP contribution is 2.26. The van der Waals surface area contributed by atoms with Crippen LogP contribution in [0.1, 0.15) is 18.4 Å². The van der Waals surface area contributed by atoms with Crippen LogP contribution < -0.4 is 4.74 Å². The summed E-state index contributed by atoms with van der Waals surface area (Å²) in [4.78, 5) is 0. The quantitative estimate of drug-likeness (QED) is 0.750. The molecule has 0 spiro atoms. The SMILES string of the molecule is [CH2]C(C)c1cc(Cl)cc(OC(F)F)c1. The Hall–Kier alpha value is -0.830. The third-order valence-electron chi connectivity index (χ3n) is 1.69. The van der Waals surface area contributed by atoms with E-state index >= 15 is 0 Å². The van der Waals surface area contributed by atoms with Gasteiger partial charge in [0.15, 0.2) is 0 Å². The lowest BCUT2D eigenvalue weighted by Gasteiger charge is -2.09. The molecule has 0 amide bonds. The van der Waals surface area contributed by atoms with Gasteiger partial charge in [0, 0.05) is 5.02 Å². The van der Waals surface area contributed by atoms with Gasteiger partial charge in [0.25, 0.3) is 0 Å². The van der Waals surface area contributed by atoms with Crippen molar-refractivity contribution in [3.8, 4) is 5.75 Å². The molecular weight excluding hydrogens is 210 g/mol. The topological polar surface area (TPSA) is 9.23 Å². The summed E-state index contributed by atoms with van der Waals surface area (Å²) in [6, 6.07) is 4.53. The van der Waals surface area contributed by atoms with E-state index in [1.165, 1.54) is 12.1 Å². The first kappa shape index (κ1) is 11.2. The van der Waals surface area contributed by atoms with Crippen LogP contribution in [0, 0.1) is 6.92 Å². The molecule has 1 radical (unpaired) electrons. The number of benzene rings is 1. The van der Waals surface area contributed by atoms with Gasteiger partial charge >= 0.3 is 6.61 Å². The molecule has 0 saturated heterocycles. The van der Waals surface area contributed by atoms with Crippen molar-refractivity contribution in [3.63, 3.8) is 0 Å². The predicted octanol–water partition coefficient (Wildman–Crippen LogP) is 3.88. The van der Waals surface area contributed by atoms with E-state index in [0.717, 1.165) is 5.56 Å². The van der Waals surface area contributed by atoms with Crippen molar-refractivity contribution in [1.82, 2.24) is 0 Å². The highest BCUT2D eigenvalue weighted by molar-refractivity contribution is 6.30. The van der Waals surface area contributed by atoms with Crippen molar-refractivity contribution in [3.05, 3.63) is 35.7 Å². The Labute approximate surface area is 86.6 Å². The second-order valence-electron chi connectivity index (χ2n) is 3.00. The maximum absolute atomic E-state index is 11.9. The third kappa shape index (κ3) is 3.14. The average molecular weight is 220 g/mol. The molecule has 1 rings (SSSR count). The van der Waals surface area contributed by atoms with Crippen molar-refractivity contribution in [2.45, 2.75) is 19.5 Å². The first-order valence-electron chi connectivity index (χ1n) is 4.07. The molecular formula is C10H10ClF2O. The second kappa shape index (κ2) is 4.60. The number of hydrogen-bond donors (Lipinski definition) is 0. The van der Waals surface area contributed by atoms with Gasteiger partial charge in [0.1, 0.15) is 5.75 Å². The van der Waals surface area contributed by atoms with Crippen molar-refractivity contribution in [1.29, 1.82) is 0 Å². The fourth-order valence-corrected chi connectivity index (χ4v) is 1.27. The molecule has 0 heterocycles. The number of rotatable bonds is 3. The average Bonchev–Trinajstić information content (AvgIpc) is 2.01. The summed E-state index contributed by atoms with van der Waals surface area (Å²) in [5.41, 5.74) is 0.771. The van der Waals surface area contributed by atoms with Gasteiger partial charge in [-0.1, -0.05) is 18.5 Å². The molecule has 0 saturated carbocycles. The van der Waals surface area contributed by atoms with E-state index in [1.807, 2.05) is 6.92 Å². The Morgan fingerprint density at radius 1 is 1.36 bits per heavy atom. The van der Waals surface area contributed by atoms with Gasteiger partial charge in [-0.25, -0.2) is 0 Å². The molecule has 0 aliphatic rings. The predicted molar refractivity (Wildman–Crippen MR) is 51.9 cm³/mol. The third-order valence-corrected chi connectivity index (χ3v) is 1.91. The van der Waals surface area contributed by atoms with E-state index in [0.29, 0.717) is 5.02 Å². The molecule has 0 bridgehead atoms. The molecule has 1 aromatic carbocycles. The van der Waals surface area contributed by atoms with Crippen LogP contribution in [0.5, 0.6) is 5.75 Å². The highest BCUT2D eigenvalue weighted by atomic mass is 35.5. The molecule has 14 heavy (non-hydrogen) atoms. The first-order chi connectivity index (χ1) is 6.49. The Morgan fingerprint density at radius 3 is 2.50 bits per heavy atom. The van der Waals surface area contributed by atoms with E-state index in [4.69, 9.17) is 11.6 Å². The minimum atomic E-state index is -2.83. The minimum Gasteiger partial charge on any atom is -0.435 e. The van der Waals surface area contributed by atoms with Crippen LogP contribution in [0.2, 0.25) is 5.02 Å². The van der Waals surface area contributed by atoms with Gasteiger partial charge in [0.2, 0.25) is 0 Å². The van der Waals surface area contributed by atoms with Crippen molar-refractivity contribution < 1.29 is 13.5 Å². The Balaban J connectivity index is 2.95. The lowest BCUT2D eigenvalue weighted by molar-refractivity contribution is -0.0498. The monoisotopic (exact) mass is 219 g/mol. The van der Waals surface area contributed by atoms with Crippen LogP contribution in [0.25, 0.3) is 0 Å². The van der Waals surface area contributed by atoms with Crippen LogP contribution in [0.3, 0.4) is 0 Å². The van der Waals surface area contributed by atoms with Crippen molar-refractivity contribution in [2.24, 2.45) is 0 Å². The molecule has 0 aliphatic carbocycles. The molecule has 1 nitrogen and oxygen atoms in total. The van der Waals surface area contributed by atoms with Crippen molar-refractivity contribution >= 4 is 11.6 Å². The minimum absolute atomic E-state index is 0.0197. The number of alkyl halides is 2. The van der Waals surface area contributed by atoms with Gasteiger partial charge < -0.3 is 4.74 Å². The van der Waals surface area contributed by atoms with Crippen molar-refractivity contribution in [2.75, 3.05) is 0 Å². The van der Waals surface area contributed by atoms with E-state index in [2.05, 4.69) is 11.7 Å². The van der Waals surface area contributed by atoms with Crippen LogP contribution in [0.15, 0.2) is 18.2 Å². The standard InChI is InChI=1S/C10H10ClF2O/c1-6(2)7-3-8(11)5-9(4-7)14-10(12)13/h3-6,10H,1H2,2H3. The maximum atomic E-state index is 11.9. The fourth-order valence-electron chi connectivity index (χ4n) is 1.04. The molecule has 1 atom stereocenters. The van der Waals surface area contributed by atoms with Gasteiger partial charge in [-0.3, -0.25) is 0 Å². The number of ether oxygens (including phenoxy) is 1. The molecule has 4 heteroatoms. The summed E-state index contributed by atoms with van der Waals surface area (Å²) in [5, 5.41) is 0.369. The normalized spacial score (nSPS) is 11.1. The summed E-state index contributed by atoms with van der Waals surface area (Å²) in [5.74, 6) is 0.0479. The second-order valence-corrected chi connectivity index (χ2v) is 3.44. The zero-order chi connectivity index (χ0) is 10.7. The summed E-state index contributed by atoms with van der Waals surface area (Å²) < 4.78 is 28.0. The Bertz CT molecular complexity index is 313. The van der Waals surface area contributed by atoms with E-state index in [-0.39, 0.29) is 11.7 Å². The van der Waals surface area contributed by atoms with Gasteiger partial charge in [-0.05, 0) is 36.6 Å². The van der Waals surface area contributed by atoms with Gasteiger partial charge in [-0.2, -0.15) is 8.78 Å². The molecule has 1 aromatic rings. The van der Waals surface area contributed by atoms with E-state index < -0.39 is 6.61 Å². The molecule has 0 aromatic heterocycles. The molecule has 0 fully saturated rings. The lowest BCUT2D eigenvalue weighted by atomic mass is 10.0. The van der Waals surface area contributed by atoms with Gasteiger partial charge in [-0.15, -0.1) is 0 Å². The highest BCUT2D eigenvalue weighted by Gasteiger charge is 2.08. The molecule has 0 aliphatic heterocycles. The summed E-state index contributed by atoms with van der Waals surface area (Å²) in [6.45, 7) is 2.78. The zero-order valence-corrected chi connectivity index (χ0v) is 8.39. The zero-order valence-electron chi connectivity index (χ0n) is 7.64. The van der Waals surface area contributed by atoms with Gasteiger partial charge in [0.05, 0.1) is 0 Å². The fraction of sp³-hybridized carbons (Fsp3) is 0.300.